The highest BCUT2D eigenvalue weighted by Gasteiger charge is 2.55. The van der Waals surface area contributed by atoms with E-state index >= 15 is 0 Å². The average molecular weight is 505 g/mol. The van der Waals surface area contributed by atoms with E-state index in [2.05, 4.69) is 0 Å². The molecule has 0 spiro atoms. The highest BCUT2D eigenvalue weighted by atomic mass is 16.6. The number of carbonyl (C=O) groups excluding carboxylic acids is 3. The van der Waals surface area contributed by atoms with E-state index in [4.69, 9.17) is 14.2 Å². The SMILES string of the molecule is CC(C)(C)OC(=O)N1C(=O)C(C(O)C2COC(C)(C)N2C(=O)OC(C)(C)C)CC1Cc1ccccc1. The second-order valence-electron chi connectivity index (χ2n) is 12.0. The standard InChI is InChI=1S/C27H40N2O7/c1-25(2,3)35-23(32)28-18(14-17-12-10-9-11-13-17)15-19(22(28)31)21(30)20-16-34-27(7,8)29(20)24(33)36-26(4,5)6/h9-13,18-21,30H,14-16H2,1-8H3. The zero-order chi connectivity index (χ0) is 27.1. The summed E-state index contributed by atoms with van der Waals surface area (Å²) >= 11 is 0. The fourth-order valence-corrected chi connectivity index (χ4v) is 4.77. The lowest BCUT2D eigenvalue weighted by molar-refractivity contribution is -0.135. The molecule has 0 bridgehead atoms. The molecule has 2 fully saturated rings. The fourth-order valence-electron chi connectivity index (χ4n) is 4.77. The van der Waals surface area contributed by atoms with Crippen molar-refractivity contribution >= 4 is 18.1 Å². The molecule has 0 aromatic heterocycles. The minimum Gasteiger partial charge on any atom is -0.444 e. The quantitative estimate of drug-likeness (QED) is 0.658. The van der Waals surface area contributed by atoms with Gasteiger partial charge in [0.1, 0.15) is 16.9 Å². The molecule has 9 nitrogen and oxygen atoms in total. The summed E-state index contributed by atoms with van der Waals surface area (Å²) in [4.78, 5) is 42.2. The molecule has 2 saturated heterocycles. The van der Waals surface area contributed by atoms with Gasteiger partial charge in [-0.05, 0) is 73.8 Å². The number of aliphatic hydroxyl groups is 1. The van der Waals surface area contributed by atoms with E-state index in [1.165, 1.54) is 4.90 Å². The molecule has 0 aliphatic carbocycles. The number of aliphatic hydroxyl groups excluding tert-OH is 1. The van der Waals surface area contributed by atoms with Gasteiger partial charge in [-0.1, -0.05) is 30.3 Å². The molecule has 36 heavy (non-hydrogen) atoms. The van der Waals surface area contributed by atoms with Crippen LogP contribution in [-0.2, 0) is 25.4 Å². The molecular formula is C27H40N2O7. The molecule has 2 heterocycles. The Labute approximate surface area is 213 Å². The molecule has 4 unspecified atom stereocenters. The van der Waals surface area contributed by atoms with Gasteiger partial charge in [0, 0.05) is 6.04 Å². The molecule has 3 rings (SSSR count). The van der Waals surface area contributed by atoms with Gasteiger partial charge in [0.2, 0.25) is 5.91 Å². The molecule has 4 atom stereocenters. The monoisotopic (exact) mass is 504 g/mol. The van der Waals surface area contributed by atoms with Crippen molar-refractivity contribution in [2.24, 2.45) is 5.92 Å². The van der Waals surface area contributed by atoms with E-state index in [0.717, 1.165) is 10.5 Å². The van der Waals surface area contributed by atoms with E-state index in [1.54, 1.807) is 55.4 Å². The maximum Gasteiger partial charge on any atom is 0.417 e. The Morgan fingerprint density at radius 1 is 1.06 bits per heavy atom. The van der Waals surface area contributed by atoms with Crippen LogP contribution in [0.2, 0.25) is 0 Å². The number of carbonyl (C=O) groups is 3. The lowest BCUT2D eigenvalue weighted by Crippen LogP contribution is -2.55. The van der Waals surface area contributed by atoms with Crippen LogP contribution in [0.25, 0.3) is 0 Å². The number of hydrogen-bond acceptors (Lipinski definition) is 7. The zero-order valence-electron chi connectivity index (χ0n) is 22.6. The summed E-state index contributed by atoms with van der Waals surface area (Å²) in [7, 11) is 0. The molecule has 1 aromatic carbocycles. The van der Waals surface area contributed by atoms with Gasteiger partial charge in [-0.2, -0.15) is 0 Å². The van der Waals surface area contributed by atoms with Crippen LogP contribution >= 0.6 is 0 Å². The van der Waals surface area contributed by atoms with Crippen molar-refractivity contribution in [1.82, 2.24) is 9.80 Å². The van der Waals surface area contributed by atoms with Crippen molar-refractivity contribution in [3.8, 4) is 0 Å². The van der Waals surface area contributed by atoms with Crippen LogP contribution in [0.4, 0.5) is 9.59 Å². The van der Waals surface area contributed by atoms with Gasteiger partial charge in [-0.25, -0.2) is 14.5 Å². The Hall–Kier alpha value is -2.65. The highest BCUT2D eigenvalue weighted by molar-refractivity contribution is 5.96. The summed E-state index contributed by atoms with van der Waals surface area (Å²) in [6, 6.07) is 8.23. The van der Waals surface area contributed by atoms with Crippen molar-refractivity contribution in [2.45, 2.75) is 103 Å². The van der Waals surface area contributed by atoms with Crippen molar-refractivity contribution in [1.29, 1.82) is 0 Å². The van der Waals surface area contributed by atoms with Gasteiger partial charge in [0.25, 0.3) is 0 Å². The number of ether oxygens (including phenoxy) is 3. The third-order valence-electron chi connectivity index (χ3n) is 6.27. The molecule has 9 heteroatoms. The number of nitrogens with zero attached hydrogens (tertiary/aromatic N) is 2. The topological polar surface area (TPSA) is 106 Å². The van der Waals surface area contributed by atoms with E-state index in [0.29, 0.717) is 6.42 Å². The molecule has 2 aliphatic rings. The zero-order valence-corrected chi connectivity index (χ0v) is 22.6. The Morgan fingerprint density at radius 2 is 1.61 bits per heavy atom. The van der Waals surface area contributed by atoms with Crippen LogP contribution < -0.4 is 0 Å². The lowest BCUT2D eigenvalue weighted by atomic mass is 9.91. The summed E-state index contributed by atoms with van der Waals surface area (Å²) in [6.07, 6.45) is -1.98. The second kappa shape index (κ2) is 10.0. The third kappa shape index (κ3) is 6.37. The van der Waals surface area contributed by atoms with Crippen LogP contribution in [0.1, 0.15) is 67.4 Å². The van der Waals surface area contributed by atoms with Gasteiger partial charge in [-0.15, -0.1) is 0 Å². The number of likely N-dealkylation sites (tertiary alicyclic amines) is 1. The fraction of sp³-hybridized carbons (Fsp3) is 0.667. The van der Waals surface area contributed by atoms with Gasteiger partial charge < -0.3 is 19.3 Å². The number of amides is 3. The summed E-state index contributed by atoms with van der Waals surface area (Å²) in [5.74, 6) is -1.44. The molecule has 0 saturated carbocycles. The van der Waals surface area contributed by atoms with Crippen LogP contribution in [0, 0.1) is 5.92 Å². The first kappa shape index (κ1) is 27.9. The summed E-state index contributed by atoms with van der Waals surface area (Å²) in [5, 5.41) is 11.5. The number of hydrogen-bond donors (Lipinski definition) is 1. The molecule has 2 aliphatic heterocycles. The number of benzene rings is 1. The van der Waals surface area contributed by atoms with E-state index in [-0.39, 0.29) is 13.0 Å². The van der Waals surface area contributed by atoms with Gasteiger partial charge in [0.05, 0.1) is 24.7 Å². The largest absolute Gasteiger partial charge is 0.444 e. The Morgan fingerprint density at radius 3 is 2.17 bits per heavy atom. The summed E-state index contributed by atoms with van der Waals surface area (Å²) in [5.41, 5.74) is -1.62. The normalized spacial score (nSPS) is 25.1. The minimum absolute atomic E-state index is 0.0347. The van der Waals surface area contributed by atoms with Gasteiger partial charge >= 0.3 is 12.2 Å². The van der Waals surface area contributed by atoms with Crippen molar-refractivity contribution in [3.05, 3.63) is 35.9 Å². The van der Waals surface area contributed by atoms with Crippen LogP contribution in [0.3, 0.4) is 0 Å². The summed E-state index contributed by atoms with van der Waals surface area (Å²) < 4.78 is 16.9. The molecule has 1 aromatic rings. The van der Waals surface area contributed by atoms with Gasteiger partial charge in [-0.3, -0.25) is 9.69 Å². The Kier molecular flexibility index (Phi) is 7.77. The molecule has 200 valence electrons. The number of imide groups is 1. The smallest absolute Gasteiger partial charge is 0.417 e. The first-order valence-corrected chi connectivity index (χ1v) is 12.4. The van der Waals surface area contributed by atoms with Crippen molar-refractivity contribution < 1.29 is 33.7 Å². The lowest BCUT2D eigenvalue weighted by Gasteiger charge is -2.37. The molecule has 1 N–H and O–H groups in total. The maximum atomic E-state index is 13.6. The van der Waals surface area contributed by atoms with E-state index in [1.807, 2.05) is 30.3 Å². The Balaban J connectivity index is 1.88. The van der Waals surface area contributed by atoms with E-state index < -0.39 is 59.1 Å². The predicted molar refractivity (Wildman–Crippen MR) is 133 cm³/mol. The average Bonchev–Trinajstić information content (AvgIpc) is 3.21. The van der Waals surface area contributed by atoms with E-state index in [9.17, 15) is 19.5 Å². The number of rotatable bonds is 4. The molecule has 3 amide bonds. The maximum absolute atomic E-state index is 13.6. The molecular weight excluding hydrogens is 464 g/mol. The minimum atomic E-state index is -1.27. The third-order valence-corrected chi connectivity index (χ3v) is 6.27. The molecule has 0 radical (unpaired) electrons. The highest BCUT2D eigenvalue weighted by Crippen LogP contribution is 2.37. The van der Waals surface area contributed by atoms with Gasteiger partial charge in [0.15, 0.2) is 0 Å². The predicted octanol–water partition coefficient (Wildman–Crippen LogP) is 4.11. The van der Waals surface area contributed by atoms with Crippen LogP contribution in [0.15, 0.2) is 30.3 Å². The first-order chi connectivity index (χ1) is 16.5. The van der Waals surface area contributed by atoms with Crippen molar-refractivity contribution in [2.75, 3.05) is 6.61 Å². The van der Waals surface area contributed by atoms with Crippen molar-refractivity contribution in [3.63, 3.8) is 0 Å². The second-order valence-corrected chi connectivity index (χ2v) is 12.0. The van der Waals surface area contributed by atoms with Crippen LogP contribution in [0.5, 0.6) is 0 Å². The first-order valence-electron chi connectivity index (χ1n) is 12.4. The van der Waals surface area contributed by atoms with Crippen LogP contribution in [-0.4, -0.2) is 74.7 Å². The Bertz CT molecular complexity index is 965. The summed E-state index contributed by atoms with van der Waals surface area (Å²) in [6.45, 7) is 13.9.